The molecule has 0 spiro atoms. The highest BCUT2D eigenvalue weighted by Crippen LogP contribution is 2.44. The molecule has 40 heavy (non-hydrogen) atoms. The number of fused-ring (bicyclic) bond motifs is 2. The van der Waals surface area contributed by atoms with Gasteiger partial charge in [0.2, 0.25) is 5.43 Å². The zero-order chi connectivity index (χ0) is 28.0. The first-order valence-corrected chi connectivity index (χ1v) is 13.1. The Morgan fingerprint density at radius 3 is 2.70 bits per heavy atom. The van der Waals surface area contributed by atoms with Crippen molar-refractivity contribution in [2.45, 2.75) is 38.0 Å². The van der Waals surface area contributed by atoms with Gasteiger partial charge < -0.3 is 39.4 Å². The number of oxime groups is 1. The molecule has 11 nitrogen and oxygen atoms in total. The number of anilines is 1. The van der Waals surface area contributed by atoms with Crippen LogP contribution in [0.5, 0.6) is 17.2 Å². The largest absolute Gasteiger partial charge is 0.492 e. The van der Waals surface area contributed by atoms with Crippen molar-refractivity contribution in [2.75, 3.05) is 38.3 Å². The number of methoxy groups -OCH3 is 1. The van der Waals surface area contributed by atoms with E-state index in [2.05, 4.69) is 5.16 Å². The maximum atomic E-state index is 15.6. The molecule has 1 saturated heterocycles. The zero-order valence-corrected chi connectivity index (χ0v) is 21.9. The van der Waals surface area contributed by atoms with Crippen LogP contribution in [0.15, 0.2) is 40.4 Å². The average molecular weight is 553 g/mol. The van der Waals surface area contributed by atoms with Gasteiger partial charge in [-0.05, 0) is 36.6 Å². The number of aromatic carboxylic acids is 1. The lowest BCUT2D eigenvalue weighted by Gasteiger charge is -2.34. The van der Waals surface area contributed by atoms with E-state index in [0.29, 0.717) is 48.9 Å². The maximum Gasteiger partial charge on any atom is 0.341 e. The van der Waals surface area contributed by atoms with E-state index in [1.54, 1.807) is 9.47 Å². The molecule has 6 rings (SSSR count). The van der Waals surface area contributed by atoms with Crippen LogP contribution in [-0.4, -0.2) is 60.8 Å². The second-order valence-electron chi connectivity index (χ2n) is 10.1. The molecule has 0 radical (unpaired) electrons. The number of halogens is 1. The van der Waals surface area contributed by atoms with Crippen LogP contribution in [-0.2, 0) is 11.4 Å². The average Bonchev–Trinajstić information content (AvgIpc) is 3.79. The minimum absolute atomic E-state index is 0.0158. The second-order valence-corrected chi connectivity index (χ2v) is 10.1. The Bertz CT molecular complexity index is 1580. The summed E-state index contributed by atoms with van der Waals surface area (Å²) in [4.78, 5) is 32.0. The smallest absolute Gasteiger partial charge is 0.341 e. The van der Waals surface area contributed by atoms with Gasteiger partial charge >= 0.3 is 5.97 Å². The summed E-state index contributed by atoms with van der Waals surface area (Å²) in [5, 5.41) is 13.8. The molecule has 3 aromatic rings. The monoisotopic (exact) mass is 552 g/mol. The Kier molecular flexibility index (Phi) is 6.70. The number of hydrogen-bond acceptors (Lipinski definition) is 9. The summed E-state index contributed by atoms with van der Waals surface area (Å²) < 4.78 is 34.2. The van der Waals surface area contributed by atoms with Crippen LogP contribution >= 0.6 is 0 Å². The van der Waals surface area contributed by atoms with Gasteiger partial charge in [-0.3, -0.25) is 4.79 Å². The van der Waals surface area contributed by atoms with Gasteiger partial charge in [0, 0.05) is 31.7 Å². The van der Waals surface area contributed by atoms with Crippen molar-refractivity contribution < 1.29 is 33.3 Å². The molecule has 1 atom stereocenters. The molecule has 1 unspecified atom stereocenters. The summed E-state index contributed by atoms with van der Waals surface area (Å²) in [5.41, 5.74) is 7.36. The topological polar surface area (TPSA) is 138 Å². The van der Waals surface area contributed by atoms with E-state index in [1.165, 1.54) is 13.3 Å². The Morgan fingerprint density at radius 2 is 2.00 bits per heavy atom. The Morgan fingerprint density at radius 1 is 1.23 bits per heavy atom. The minimum atomic E-state index is -1.35. The molecule has 1 saturated carbocycles. The predicted molar refractivity (Wildman–Crippen MR) is 144 cm³/mol. The van der Waals surface area contributed by atoms with E-state index in [4.69, 9.17) is 24.8 Å². The van der Waals surface area contributed by atoms with E-state index in [9.17, 15) is 14.7 Å². The zero-order valence-electron chi connectivity index (χ0n) is 21.9. The third-order valence-electron chi connectivity index (χ3n) is 7.39. The van der Waals surface area contributed by atoms with Crippen LogP contribution in [0.2, 0.25) is 0 Å². The van der Waals surface area contributed by atoms with E-state index < -0.39 is 28.8 Å². The van der Waals surface area contributed by atoms with Crippen LogP contribution in [0, 0.1) is 5.82 Å². The van der Waals surface area contributed by atoms with Crippen LogP contribution < -0.4 is 30.3 Å². The first kappa shape index (κ1) is 25.9. The molecule has 2 fully saturated rings. The van der Waals surface area contributed by atoms with Crippen molar-refractivity contribution in [2.24, 2.45) is 10.9 Å². The molecule has 1 aromatic heterocycles. The lowest BCUT2D eigenvalue weighted by Crippen LogP contribution is -2.49. The molecular weight excluding hydrogens is 523 g/mol. The summed E-state index contributed by atoms with van der Waals surface area (Å²) >= 11 is 0. The molecule has 210 valence electrons. The van der Waals surface area contributed by atoms with E-state index in [-0.39, 0.29) is 36.0 Å². The lowest BCUT2D eigenvalue weighted by molar-refractivity contribution is 0.0694. The SMILES string of the molecule is COc1c(N2CC/C(=N/OCc3ccc4c(c3)OCCO4)C(N)C2)c(F)cc2c(=O)c(C(=O)O)cn(C3CC3)c12. The van der Waals surface area contributed by atoms with Crippen molar-refractivity contribution in [1.29, 1.82) is 0 Å². The van der Waals surface area contributed by atoms with Gasteiger partial charge in [-0.2, -0.15) is 0 Å². The van der Waals surface area contributed by atoms with Crippen LogP contribution in [0.25, 0.3) is 10.9 Å². The van der Waals surface area contributed by atoms with Crippen LogP contribution in [0.3, 0.4) is 0 Å². The first-order chi connectivity index (χ1) is 19.4. The van der Waals surface area contributed by atoms with Crippen molar-refractivity contribution in [1.82, 2.24) is 4.57 Å². The number of carbonyl (C=O) groups is 1. The normalized spacial score (nSPS) is 19.6. The number of carboxylic acid groups (broad SMARTS) is 1. The fourth-order valence-electron chi connectivity index (χ4n) is 5.28. The van der Waals surface area contributed by atoms with Crippen LogP contribution in [0.4, 0.5) is 10.1 Å². The van der Waals surface area contributed by atoms with Gasteiger partial charge in [0.05, 0.1) is 29.8 Å². The highest BCUT2D eigenvalue weighted by atomic mass is 19.1. The van der Waals surface area contributed by atoms with Crippen molar-refractivity contribution in [3.63, 3.8) is 0 Å². The van der Waals surface area contributed by atoms with Gasteiger partial charge in [-0.25, -0.2) is 9.18 Å². The molecule has 3 N–H and O–H groups in total. The number of ether oxygens (including phenoxy) is 3. The molecule has 12 heteroatoms. The number of piperidine rings is 1. The van der Waals surface area contributed by atoms with E-state index in [1.807, 2.05) is 18.2 Å². The number of pyridine rings is 1. The van der Waals surface area contributed by atoms with Gasteiger partial charge in [-0.15, -0.1) is 0 Å². The summed E-state index contributed by atoms with van der Waals surface area (Å²) in [6.45, 7) is 1.87. The predicted octanol–water partition coefficient (Wildman–Crippen LogP) is 3.06. The number of nitrogens with two attached hydrogens (primary N) is 1. The van der Waals surface area contributed by atoms with E-state index in [0.717, 1.165) is 24.5 Å². The molecule has 2 aliphatic heterocycles. The number of rotatable bonds is 7. The van der Waals surface area contributed by atoms with Gasteiger partial charge in [-0.1, -0.05) is 11.2 Å². The van der Waals surface area contributed by atoms with Gasteiger partial charge in [0.1, 0.15) is 31.1 Å². The summed E-state index contributed by atoms with van der Waals surface area (Å²) in [5.74, 6) is -0.492. The van der Waals surface area contributed by atoms with Crippen molar-refractivity contribution in [3.05, 3.63) is 57.6 Å². The van der Waals surface area contributed by atoms with Crippen LogP contribution in [0.1, 0.15) is 41.2 Å². The molecule has 2 aromatic carbocycles. The van der Waals surface area contributed by atoms with Crippen molar-refractivity contribution in [3.8, 4) is 17.2 Å². The lowest BCUT2D eigenvalue weighted by atomic mass is 10.0. The van der Waals surface area contributed by atoms with E-state index >= 15 is 4.39 Å². The van der Waals surface area contributed by atoms with Crippen molar-refractivity contribution >= 4 is 28.3 Å². The molecular formula is C28H29FN4O7. The molecule has 3 aliphatic rings. The number of hydrogen-bond donors (Lipinski definition) is 2. The quantitative estimate of drug-likeness (QED) is 0.424. The fourth-order valence-corrected chi connectivity index (χ4v) is 5.28. The highest BCUT2D eigenvalue weighted by molar-refractivity contribution is 5.98. The minimum Gasteiger partial charge on any atom is -0.492 e. The molecule has 1 aliphatic carbocycles. The number of carboxylic acids is 1. The Labute approximate surface area is 228 Å². The summed E-state index contributed by atoms with van der Waals surface area (Å²) in [7, 11) is 1.41. The molecule has 3 heterocycles. The van der Waals surface area contributed by atoms with Gasteiger partial charge in [0.25, 0.3) is 0 Å². The first-order valence-electron chi connectivity index (χ1n) is 13.1. The molecule has 0 amide bonds. The molecule has 0 bridgehead atoms. The summed E-state index contributed by atoms with van der Waals surface area (Å²) in [6.07, 6.45) is 3.41. The third kappa shape index (κ3) is 4.68. The third-order valence-corrected chi connectivity index (χ3v) is 7.39. The van der Waals surface area contributed by atoms with Gasteiger partial charge in [0.15, 0.2) is 23.1 Å². The summed E-state index contributed by atoms with van der Waals surface area (Å²) in [6, 6.07) is 6.15. The maximum absolute atomic E-state index is 15.6. The standard InChI is InChI=1S/C28H29FN4O7/c1-37-27-24-17(26(34)18(28(35)36)12-33(24)16-3-4-16)11-19(29)25(27)32-7-6-21(20(30)13-32)31-40-14-15-2-5-22-23(10-15)39-9-8-38-22/h2,5,10-12,16,20H,3-4,6-9,13-14,30H2,1H3,(H,35,36)/b31-21-. The fraction of sp³-hybridized carbons (Fsp3) is 0.393. The highest BCUT2D eigenvalue weighted by Gasteiger charge is 2.33. The number of nitrogens with zero attached hydrogens (tertiary/aromatic N) is 3. The Balaban J connectivity index is 1.24. The number of benzene rings is 2. The number of aromatic nitrogens is 1. The second kappa shape index (κ2) is 10.3. The Hall–Kier alpha value is -4.32.